The molecule has 3 unspecified atom stereocenters. The van der Waals surface area contributed by atoms with Crippen LogP contribution in [0.25, 0.3) is 0 Å². The lowest BCUT2D eigenvalue weighted by atomic mass is 10.0. The molecular formula is C18H34N6O6. The Balaban J connectivity index is 5.12. The van der Waals surface area contributed by atoms with Crippen LogP contribution in [0.15, 0.2) is 0 Å². The van der Waals surface area contributed by atoms with Gasteiger partial charge in [0.25, 0.3) is 0 Å². The van der Waals surface area contributed by atoms with Gasteiger partial charge in [0.1, 0.15) is 18.6 Å². The van der Waals surface area contributed by atoms with Crippen LogP contribution in [0.4, 0.5) is 0 Å². The first-order valence-electron chi connectivity index (χ1n) is 9.83. The van der Waals surface area contributed by atoms with Gasteiger partial charge in [0.05, 0.1) is 6.04 Å². The van der Waals surface area contributed by atoms with Crippen molar-refractivity contribution in [3.05, 3.63) is 0 Å². The number of nitrogens with two attached hydrogens (primary N) is 3. The average Bonchev–Trinajstić information content (AvgIpc) is 2.66. The Morgan fingerprint density at radius 2 is 1.57 bits per heavy atom. The molecule has 0 aromatic heterocycles. The average molecular weight is 431 g/mol. The normalized spacial score (nSPS) is 13.8. The Morgan fingerprint density at radius 3 is 2.07 bits per heavy atom. The molecule has 0 heterocycles. The Hall–Kier alpha value is -2.73. The molecule has 0 saturated heterocycles. The number of aliphatic carboxylic acids is 1. The molecule has 0 aliphatic carbocycles. The molecule has 0 aromatic carbocycles. The number of hydrogen-bond donors (Lipinski definition) is 7. The van der Waals surface area contributed by atoms with Gasteiger partial charge in [0.2, 0.25) is 23.6 Å². The van der Waals surface area contributed by atoms with Crippen LogP contribution in [-0.2, 0) is 24.0 Å². The monoisotopic (exact) mass is 430 g/mol. The van der Waals surface area contributed by atoms with Gasteiger partial charge in [0, 0.05) is 6.42 Å². The number of carbonyl (C=O) groups is 5. The minimum Gasteiger partial charge on any atom is -0.480 e. The highest BCUT2D eigenvalue weighted by molar-refractivity contribution is 5.94. The first-order valence-corrected chi connectivity index (χ1v) is 9.83. The lowest BCUT2D eigenvalue weighted by molar-refractivity contribution is -0.139. The van der Waals surface area contributed by atoms with Gasteiger partial charge in [-0.15, -0.1) is 0 Å². The summed E-state index contributed by atoms with van der Waals surface area (Å²) in [6.07, 6.45) is 1.49. The van der Waals surface area contributed by atoms with Crippen LogP contribution in [0.2, 0.25) is 0 Å². The molecule has 12 nitrogen and oxygen atoms in total. The number of primary amides is 1. The Labute approximate surface area is 175 Å². The van der Waals surface area contributed by atoms with Gasteiger partial charge in [0.15, 0.2) is 0 Å². The van der Waals surface area contributed by atoms with Crippen molar-refractivity contribution in [3.8, 4) is 0 Å². The number of hydrogen-bond acceptors (Lipinski definition) is 7. The summed E-state index contributed by atoms with van der Waals surface area (Å²) in [5.74, 6) is -4.22. The fourth-order valence-electron chi connectivity index (χ4n) is 2.54. The highest BCUT2D eigenvalue weighted by atomic mass is 16.4. The molecule has 0 aromatic rings. The van der Waals surface area contributed by atoms with Crippen LogP contribution < -0.4 is 33.2 Å². The van der Waals surface area contributed by atoms with Crippen molar-refractivity contribution < 1.29 is 29.1 Å². The third-order valence-corrected chi connectivity index (χ3v) is 4.28. The molecule has 3 atom stereocenters. The van der Waals surface area contributed by atoms with Crippen LogP contribution in [0, 0.1) is 5.92 Å². The minimum absolute atomic E-state index is 0.121. The molecule has 12 heteroatoms. The zero-order chi connectivity index (χ0) is 23.3. The number of unbranched alkanes of at least 4 members (excludes halogenated alkanes) is 1. The minimum atomic E-state index is -1.26. The molecule has 0 fully saturated rings. The molecule has 172 valence electrons. The summed E-state index contributed by atoms with van der Waals surface area (Å²) in [4.78, 5) is 58.9. The molecule has 30 heavy (non-hydrogen) atoms. The van der Waals surface area contributed by atoms with Crippen molar-refractivity contribution in [3.63, 3.8) is 0 Å². The molecule has 0 radical (unpaired) electrons. The van der Waals surface area contributed by atoms with E-state index in [0.717, 1.165) is 6.42 Å². The first kappa shape index (κ1) is 27.3. The van der Waals surface area contributed by atoms with Gasteiger partial charge in [-0.1, -0.05) is 20.3 Å². The second-order valence-electron chi connectivity index (χ2n) is 7.30. The number of carboxylic acids is 1. The maximum absolute atomic E-state index is 12.7. The summed E-state index contributed by atoms with van der Waals surface area (Å²) >= 11 is 0. The van der Waals surface area contributed by atoms with Crippen LogP contribution in [0.1, 0.15) is 46.0 Å². The maximum Gasteiger partial charge on any atom is 0.322 e. The van der Waals surface area contributed by atoms with Crippen LogP contribution in [0.5, 0.6) is 0 Å². The molecule has 10 N–H and O–H groups in total. The van der Waals surface area contributed by atoms with E-state index in [2.05, 4.69) is 16.0 Å². The van der Waals surface area contributed by atoms with Gasteiger partial charge in [-0.25, -0.2) is 0 Å². The fraction of sp³-hybridized carbons (Fsp3) is 0.722. The number of carbonyl (C=O) groups excluding carboxylic acids is 4. The molecular weight excluding hydrogens is 396 g/mol. The summed E-state index contributed by atoms with van der Waals surface area (Å²) in [6, 6.07) is -2.99. The number of carboxylic acid groups (broad SMARTS) is 1. The topological polar surface area (TPSA) is 220 Å². The third kappa shape index (κ3) is 11.3. The lowest BCUT2D eigenvalue weighted by Gasteiger charge is -2.26. The molecule has 0 saturated carbocycles. The van der Waals surface area contributed by atoms with Gasteiger partial charge in [-0.2, -0.15) is 0 Å². The summed E-state index contributed by atoms with van der Waals surface area (Å²) < 4.78 is 0. The van der Waals surface area contributed by atoms with Crippen molar-refractivity contribution in [1.82, 2.24) is 16.0 Å². The zero-order valence-corrected chi connectivity index (χ0v) is 17.5. The van der Waals surface area contributed by atoms with Crippen molar-refractivity contribution >= 4 is 29.6 Å². The van der Waals surface area contributed by atoms with E-state index in [1.54, 1.807) is 13.8 Å². The Morgan fingerprint density at radius 1 is 0.933 bits per heavy atom. The first-order chi connectivity index (χ1) is 14.0. The SMILES string of the molecule is CC(C)C(NC(=O)C(N)CCCCN)C(=O)NC(CCC(N)=O)C(=O)NCC(=O)O. The summed E-state index contributed by atoms with van der Waals surface area (Å²) in [6.45, 7) is 3.24. The zero-order valence-electron chi connectivity index (χ0n) is 17.5. The third-order valence-electron chi connectivity index (χ3n) is 4.28. The highest BCUT2D eigenvalue weighted by Gasteiger charge is 2.30. The second kappa shape index (κ2) is 14.3. The molecule has 0 bridgehead atoms. The van der Waals surface area contributed by atoms with E-state index in [1.807, 2.05) is 0 Å². The fourth-order valence-corrected chi connectivity index (χ4v) is 2.54. The summed E-state index contributed by atoms with van der Waals surface area (Å²) in [5, 5.41) is 15.9. The molecule has 0 aliphatic rings. The van der Waals surface area contributed by atoms with Gasteiger partial charge >= 0.3 is 5.97 Å². The number of rotatable bonds is 15. The van der Waals surface area contributed by atoms with E-state index in [-0.39, 0.29) is 18.8 Å². The van der Waals surface area contributed by atoms with E-state index in [1.165, 1.54) is 0 Å². The van der Waals surface area contributed by atoms with Gasteiger partial charge in [-0.05, 0) is 31.7 Å². The quantitative estimate of drug-likeness (QED) is 0.138. The smallest absolute Gasteiger partial charge is 0.322 e. The standard InChI is InChI=1S/C18H34N6O6/c1-10(2)15(24-16(28)11(20)5-3-4-8-19)18(30)23-12(6-7-13(21)25)17(29)22-9-14(26)27/h10-12,15H,3-9,19-20H2,1-2H3,(H2,21,25)(H,22,29)(H,23,30)(H,24,28)(H,26,27). The van der Waals surface area contributed by atoms with Crippen LogP contribution in [-0.4, -0.2) is 65.9 Å². The summed E-state index contributed by atoms with van der Waals surface area (Å²) in [7, 11) is 0. The highest BCUT2D eigenvalue weighted by Crippen LogP contribution is 2.06. The van der Waals surface area contributed by atoms with E-state index < -0.39 is 54.3 Å². The second-order valence-corrected chi connectivity index (χ2v) is 7.30. The molecule has 0 rings (SSSR count). The largest absolute Gasteiger partial charge is 0.480 e. The van der Waals surface area contributed by atoms with Crippen molar-refractivity contribution in [1.29, 1.82) is 0 Å². The van der Waals surface area contributed by atoms with E-state index in [0.29, 0.717) is 19.4 Å². The van der Waals surface area contributed by atoms with Crippen molar-refractivity contribution in [2.45, 2.75) is 64.1 Å². The summed E-state index contributed by atoms with van der Waals surface area (Å²) in [5.41, 5.74) is 16.4. The van der Waals surface area contributed by atoms with Gasteiger partial charge in [-0.3, -0.25) is 24.0 Å². The molecule has 4 amide bonds. The van der Waals surface area contributed by atoms with E-state index >= 15 is 0 Å². The van der Waals surface area contributed by atoms with Crippen molar-refractivity contribution in [2.24, 2.45) is 23.1 Å². The Bertz CT molecular complexity index is 612. The number of nitrogens with one attached hydrogen (secondary N) is 3. The van der Waals surface area contributed by atoms with E-state index in [4.69, 9.17) is 22.3 Å². The van der Waals surface area contributed by atoms with Gasteiger partial charge < -0.3 is 38.3 Å². The van der Waals surface area contributed by atoms with E-state index in [9.17, 15) is 24.0 Å². The lowest BCUT2D eigenvalue weighted by Crippen LogP contribution is -2.57. The van der Waals surface area contributed by atoms with Crippen molar-refractivity contribution in [2.75, 3.05) is 13.1 Å². The van der Waals surface area contributed by atoms with Crippen LogP contribution in [0.3, 0.4) is 0 Å². The Kier molecular flexibility index (Phi) is 13.0. The predicted molar refractivity (Wildman–Crippen MR) is 109 cm³/mol. The van der Waals surface area contributed by atoms with Crippen LogP contribution >= 0.6 is 0 Å². The maximum atomic E-state index is 12.7. The number of amides is 4. The molecule has 0 aliphatic heterocycles. The molecule has 0 spiro atoms. The predicted octanol–water partition coefficient (Wildman–Crippen LogP) is -2.47.